The second-order valence-electron chi connectivity index (χ2n) is 5.64. The summed E-state index contributed by atoms with van der Waals surface area (Å²) in [5.41, 5.74) is 1.50. The van der Waals surface area contributed by atoms with Crippen LogP contribution in [-0.4, -0.2) is 40.5 Å². The number of benzene rings is 1. The molecule has 1 amide bonds. The lowest BCUT2D eigenvalue weighted by Crippen LogP contribution is -2.50. The van der Waals surface area contributed by atoms with Crippen LogP contribution >= 0.6 is 0 Å². The summed E-state index contributed by atoms with van der Waals surface area (Å²) in [5.74, 6) is 0.172. The smallest absolute Gasteiger partial charge is 0.407 e. The summed E-state index contributed by atoms with van der Waals surface area (Å²) in [7, 11) is 0. The van der Waals surface area contributed by atoms with Crippen molar-refractivity contribution in [2.24, 2.45) is 0 Å². The van der Waals surface area contributed by atoms with Crippen molar-refractivity contribution in [3.63, 3.8) is 0 Å². The number of likely N-dealkylation sites (tertiary alicyclic amines) is 1. The van der Waals surface area contributed by atoms with Gasteiger partial charge in [0, 0.05) is 36.3 Å². The van der Waals surface area contributed by atoms with Gasteiger partial charge in [0.15, 0.2) is 5.78 Å². The van der Waals surface area contributed by atoms with E-state index >= 15 is 0 Å². The number of ketones is 1. The van der Waals surface area contributed by atoms with Gasteiger partial charge in [0.05, 0.1) is 0 Å². The third-order valence-electron chi connectivity index (χ3n) is 4.45. The van der Waals surface area contributed by atoms with Crippen LogP contribution in [0.3, 0.4) is 0 Å². The lowest BCUT2D eigenvalue weighted by Gasteiger charge is -2.41. The Labute approximate surface area is 117 Å². The number of fused-ring (bicyclic) bond motifs is 1. The van der Waals surface area contributed by atoms with Gasteiger partial charge in [-0.2, -0.15) is 0 Å². The molecule has 2 aliphatic rings. The number of rotatable bonds is 0. The summed E-state index contributed by atoms with van der Waals surface area (Å²) in [5, 5.41) is 12.6. The maximum atomic E-state index is 12.2. The largest absolute Gasteiger partial charge is 0.465 e. The number of piperidine rings is 1. The Hall–Kier alpha value is -2.04. The highest BCUT2D eigenvalue weighted by molar-refractivity contribution is 6.02. The lowest BCUT2D eigenvalue weighted by molar-refractivity contribution is 0.0955. The molecule has 0 aliphatic carbocycles. The van der Waals surface area contributed by atoms with Gasteiger partial charge in [-0.1, -0.05) is 12.1 Å². The van der Waals surface area contributed by atoms with Crippen molar-refractivity contribution in [3.8, 4) is 0 Å². The molecule has 1 saturated heterocycles. The molecule has 1 aromatic rings. The van der Waals surface area contributed by atoms with E-state index in [9.17, 15) is 9.59 Å². The molecule has 0 saturated carbocycles. The molecule has 0 atom stereocenters. The first kappa shape index (κ1) is 13.0. The Morgan fingerprint density at radius 1 is 1.20 bits per heavy atom. The third-order valence-corrected chi connectivity index (χ3v) is 4.45. The van der Waals surface area contributed by atoms with Crippen LogP contribution in [0.15, 0.2) is 24.3 Å². The number of carbonyl (C=O) groups excluding carboxylic acids is 1. The number of Topliss-reactive ketones (excluding diaryl/α,β-unsaturated/α-hetero) is 1. The van der Waals surface area contributed by atoms with Crippen molar-refractivity contribution in [2.45, 2.75) is 31.2 Å². The number of hydrogen-bond donors (Lipinski definition) is 2. The summed E-state index contributed by atoms with van der Waals surface area (Å²) in [4.78, 5) is 24.6. The minimum atomic E-state index is -0.857. The van der Waals surface area contributed by atoms with Crippen molar-refractivity contribution in [1.82, 2.24) is 4.90 Å². The van der Waals surface area contributed by atoms with Crippen LogP contribution in [0.1, 0.15) is 36.0 Å². The van der Waals surface area contributed by atoms with E-state index in [4.69, 9.17) is 5.11 Å². The molecule has 2 aliphatic heterocycles. The number of carboxylic acid groups (broad SMARTS) is 1. The zero-order chi connectivity index (χ0) is 14.2. The van der Waals surface area contributed by atoms with Crippen LogP contribution in [0.4, 0.5) is 10.5 Å². The van der Waals surface area contributed by atoms with Crippen molar-refractivity contribution in [2.75, 3.05) is 18.4 Å². The van der Waals surface area contributed by atoms with Crippen molar-refractivity contribution in [3.05, 3.63) is 29.8 Å². The topological polar surface area (TPSA) is 69.6 Å². The molecular formula is C15H18N2O3. The summed E-state index contributed by atoms with van der Waals surface area (Å²) in [6.45, 7) is 1.05. The zero-order valence-electron chi connectivity index (χ0n) is 11.3. The highest BCUT2D eigenvalue weighted by atomic mass is 16.4. The van der Waals surface area contributed by atoms with Crippen LogP contribution in [-0.2, 0) is 0 Å². The average molecular weight is 274 g/mol. The molecule has 2 N–H and O–H groups in total. The maximum absolute atomic E-state index is 12.2. The second-order valence-corrected chi connectivity index (χ2v) is 5.64. The average Bonchev–Trinajstić information content (AvgIpc) is 2.58. The normalized spacial score (nSPS) is 21.0. The predicted molar refractivity (Wildman–Crippen MR) is 75.2 cm³/mol. The third kappa shape index (κ3) is 2.24. The number of para-hydroxylation sites is 1. The highest BCUT2D eigenvalue weighted by Crippen LogP contribution is 2.36. The molecule has 0 aromatic heterocycles. The number of nitrogens with one attached hydrogen (secondary N) is 1. The number of carbonyl (C=O) groups is 2. The van der Waals surface area contributed by atoms with Crippen LogP contribution in [0.2, 0.25) is 0 Å². The first-order valence-electron chi connectivity index (χ1n) is 6.98. The number of amides is 1. The Morgan fingerprint density at radius 2 is 1.90 bits per heavy atom. The van der Waals surface area contributed by atoms with Crippen LogP contribution in [0.25, 0.3) is 0 Å². The van der Waals surface area contributed by atoms with Gasteiger partial charge in [-0.3, -0.25) is 4.79 Å². The fourth-order valence-electron chi connectivity index (χ4n) is 3.17. The van der Waals surface area contributed by atoms with E-state index in [2.05, 4.69) is 5.32 Å². The fourth-order valence-corrected chi connectivity index (χ4v) is 3.17. The molecule has 106 valence electrons. The SMILES string of the molecule is O=C1CCC2(CCN(C(=O)O)CC2)Nc2ccccc21. The molecule has 1 spiro atoms. The van der Waals surface area contributed by atoms with Gasteiger partial charge < -0.3 is 15.3 Å². The minimum Gasteiger partial charge on any atom is -0.465 e. The van der Waals surface area contributed by atoms with E-state index in [0.29, 0.717) is 19.5 Å². The van der Waals surface area contributed by atoms with Gasteiger partial charge in [-0.15, -0.1) is 0 Å². The minimum absolute atomic E-state index is 0.145. The quantitative estimate of drug-likeness (QED) is 0.763. The first-order chi connectivity index (χ1) is 9.60. The van der Waals surface area contributed by atoms with E-state index < -0.39 is 6.09 Å². The highest BCUT2D eigenvalue weighted by Gasteiger charge is 2.38. The van der Waals surface area contributed by atoms with E-state index in [-0.39, 0.29) is 11.3 Å². The van der Waals surface area contributed by atoms with E-state index in [1.165, 1.54) is 4.90 Å². The number of anilines is 1. The number of nitrogens with zero attached hydrogens (tertiary/aromatic N) is 1. The first-order valence-corrected chi connectivity index (χ1v) is 6.98. The van der Waals surface area contributed by atoms with E-state index in [1.807, 2.05) is 24.3 Å². The fraction of sp³-hybridized carbons (Fsp3) is 0.467. The van der Waals surface area contributed by atoms with Gasteiger partial charge >= 0.3 is 6.09 Å². The van der Waals surface area contributed by atoms with Crippen LogP contribution in [0.5, 0.6) is 0 Å². The van der Waals surface area contributed by atoms with Crippen molar-refractivity contribution in [1.29, 1.82) is 0 Å². The Balaban J connectivity index is 1.83. The molecule has 20 heavy (non-hydrogen) atoms. The van der Waals surface area contributed by atoms with Gasteiger partial charge in [-0.05, 0) is 31.4 Å². The zero-order valence-corrected chi connectivity index (χ0v) is 11.3. The summed E-state index contributed by atoms with van der Waals surface area (Å²) >= 11 is 0. The molecular weight excluding hydrogens is 256 g/mol. The molecule has 1 aromatic carbocycles. The molecule has 1 fully saturated rings. The number of hydrogen-bond acceptors (Lipinski definition) is 3. The molecule has 5 nitrogen and oxygen atoms in total. The Bertz CT molecular complexity index is 548. The van der Waals surface area contributed by atoms with Gasteiger partial charge in [-0.25, -0.2) is 4.79 Å². The van der Waals surface area contributed by atoms with Crippen molar-refractivity contribution < 1.29 is 14.7 Å². The van der Waals surface area contributed by atoms with Crippen LogP contribution < -0.4 is 5.32 Å². The molecule has 2 heterocycles. The van der Waals surface area contributed by atoms with Gasteiger partial charge in [0.2, 0.25) is 0 Å². The molecule has 3 rings (SSSR count). The second kappa shape index (κ2) is 4.81. The summed E-state index contributed by atoms with van der Waals surface area (Å²) < 4.78 is 0. The van der Waals surface area contributed by atoms with Crippen LogP contribution in [0, 0.1) is 0 Å². The molecule has 0 bridgehead atoms. The summed E-state index contributed by atoms with van der Waals surface area (Å²) in [6.07, 6.45) is 1.94. The molecule has 5 heteroatoms. The van der Waals surface area contributed by atoms with E-state index in [1.54, 1.807) is 0 Å². The lowest BCUT2D eigenvalue weighted by atomic mass is 9.83. The van der Waals surface area contributed by atoms with Crippen molar-refractivity contribution >= 4 is 17.6 Å². The monoisotopic (exact) mass is 274 g/mol. The molecule has 0 unspecified atom stereocenters. The molecule has 0 radical (unpaired) electrons. The van der Waals surface area contributed by atoms with Gasteiger partial charge in [0.1, 0.15) is 0 Å². The standard InChI is InChI=1S/C15H18N2O3/c18-13-5-6-15(7-9-17(10-8-15)14(19)20)16-12-4-2-1-3-11(12)13/h1-4,16H,5-10H2,(H,19,20). The Kier molecular flexibility index (Phi) is 3.12. The Morgan fingerprint density at radius 3 is 2.60 bits per heavy atom. The maximum Gasteiger partial charge on any atom is 0.407 e. The van der Waals surface area contributed by atoms with Gasteiger partial charge in [0.25, 0.3) is 0 Å². The predicted octanol–water partition coefficient (Wildman–Crippen LogP) is 2.59. The van der Waals surface area contributed by atoms with E-state index in [0.717, 1.165) is 30.5 Å². The summed E-state index contributed by atoms with van der Waals surface area (Å²) in [6, 6.07) is 7.59.